The van der Waals surface area contributed by atoms with Crippen molar-refractivity contribution in [3.8, 4) is 0 Å². The van der Waals surface area contributed by atoms with E-state index in [9.17, 15) is 4.57 Å². The van der Waals surface area contributed by atoms with Crippen LogP contribution in [0.2, 0.25) is 0 Å². The van der Waals surface area contributed by atoms with Crippen molar-refractivity contribution in [2.45, 2.75) is 0 Å². The second kappa shape index (κ2) is 3.82. The maximum absolute atomic E-state index is 11.1. The van der Waals surface area contributed by atoms with Gasteiger partial charge in [0, 0.05) is 12.0 Å². The van der Waals surface area contributed by atoms with Gasteiger partial charge in [0.25, 0.3) is 0 Å². The lowest BCUT2D eigenvalue weighted by atomic mass is 11.0. The van der Waals surface area contributed by atoms with Crippen LogP contribution in [0, 0.1) is 0 Å². The van der Waals surface area contributed by atoms with Crippen LogP contribution in [0.15, 0.2) is 0 Å². The number of hydrogen-bond acceptors (Lipinski definition) is 1. The van der Waals surface area contributed by atoms with Gasteiger partial charge in [0.05, 0.1) is 0 Å². The minimum absolute atomic E-state index is 0.346. The van der Waals surface area contributed by atoms with Gasteiger partial charge in [-0.05, 0) is 25.3 Å². The molecular weight excluding hydrogens is 180 g/mol. The van der Waals surface area contributed by atoms with Crippen molar-refractivity contribution in [2.24, 2.45) is 0 Å². The van der Waals surface area contributed by atoms with Gasteiger partial charge in [-0.1, -0.05) is 0 Å². The monoisotopic (exact) mass is 189 g/mol. The molecule has 0 aliphatic heterocycles. The van der Waals surface area contributed by atoms with Crippen molar-refractivity contribution >= 4 is 29.5 Å². The average Bonchev–Trinajstić information content (AvgIpc) is 1.65. The topological polar surface area (TPSA) is 20.3 Å². The molecule has 2 nitrogen and oxygen atoms in total. The molecule has 0 aliphatic rings. The summed E-state index contributed by atoms with van der Waals surface area (Å²) in [6, 6.07) is 0. The lowest BCUT2D eigenvalue weighted by molar-refractivity contribution is 0.530. The van der Waals surface area contributed by atoms with E-state index in [1.807, 2.05) is 0 Å². The van der Waals surface area contributed by atoms with Crippen LogP contribution < -0.4 is 0 Å². The molecule has 0 aromatic carbocycles. The van der Waals surface area contributed by atoms with Gasteiger partial charge in [0.1, 0.15) is 0 Å². The maximum Gasteiger partial charge on any atom is 0.235 e. The van der Waals surface area contributed by atoms with Gasteiger partial charge in [-0.15, -0.1) is 11.6 Å². The summed E-state index contributed by atoms with van der Waals surface area (Å²) in [6.45, 7) is -2.59. The van der Waals surface area contributed by atoms with Crippen molar-refractivity contribution < 1.29 is 4.57 Å². The van der Waals surface area contributed by atoms with Gasteiger partial charge < -0.3 is 0 Å². The van der Waals surface area contributed by atoms with Gasteiger partial charge in [0.2, 0.25) is 6.65 Å². The van der Waals surface area contributed by atoms with Crippen molar-refractivity contribution in [1.82, 2.24) is 4.67 Å². The van der Waals surface area contributed by atoms with Crippen LogP contribution in [0.5, 0.6) is 0 Å². The molecule has 9 heavy (non-hydrogen) atoms. The Morgan fingerprint density at radius 1 is 1.56 bits per heavy atom. The first-order valence-electron chi connectivity index (χ1n) is 2.53. The zero-order valence-electron chi connectivity index (χ0n) is 5.47. The van der Waals surface area contributed by atoms with E-state index in [0.29, 0.717) is 12.0 Å². The fraction of sp³-hybridized carbons (Fsp3) is 1.00. The molecule has 0 saturated heterocycles. The number of nitrogens with zero attached hydrogens (tertiary/aromatic N) is 1. The molecule has 5 heteroatoms. The molecule has 0 radical (unpaired) electrons. The van der Waals surface area contributed by atoms with E-state index in [-0.39, 0.29) is 0 Å². The van der Waals surface area contributed by atoms with E-state index in [2.05, 4.69) is 0 Å². The molecule has 0 saturated carbocycles. The number of halogens is 2. The Balaban J connectivity index is 3.87. The van der Waals surface area contributed by atoms with Gasteiger partial charge in [0.15, 0.2) is 0 Å². The number of rotatable bonds is 3. The van der Waals surface area contributed by atoms with Crippen LogP contribution in [-0.2, 0) is 4.57 Å². The molecule has 0 bridgehead atoms. The predicted molar refractivity (Wildman–Crippen MR) is 42.7 cm³/mol. The molecule has 0 fully saturated rings. The lowest BCUT2D eigenvalue weighted by Gasteiger charge is -2.15. The SMILES string of the molecule is CN(C)P(=O)(Cl)CCCl. The molecule has 0 spiro atoms. The van der Waals surface area contributed by atoms with Crippen LogP contribution in [0.1, 0.15) is 0 Å². The van der Waals surface area contributed by atoms with Crippen LogP contribution in [0.25, 0.3) is 0 Å². The third kappa shape index (κ3) is 3.47. The highest BCUT2D eigenvalue weighted by Gasteiger charge is 2.19. The third-order valence-electron chi connectivity index (χ3n) is 0.958. The standard InChI is InChI=1S/C4H10Cl2NOP/c1-7(2)9(6,8)4-3-5/h3-4H2,1-2H3. The second-order valence-electron chi connectivity index (χ2n) is 1.88. The highest BCUT2D eigenvalue weighted by molar-refractivity contribution is 7.87. The summed E-state index contributed by atoms with van der Waals surface area (Å²) in [5.41, 5.74) is 0. The molecule has 0 N–H and O–H groups in total. The first-order chi connectivity index (χ1) is 4.00. The first-order valence-corrected chi connectivity index (χ1v) is 5.81. The molecule has 0 aromatic rings. The summed E-state index contributed by atoms with van der Waals surface area (Å²) < 4.78 is 12.6. The summed E-state index contributed by atoms with van der Waals surface area (Å²) >= 11 is 10.9. The number of hydrogen-bond donors (Lipinski definition) is 0. The van der Waals surface area contributed by atoms with E-state index in [4.69, 9.17) is 22.8 Å². The predicted octanol–water partition coefficient (Wildman–Crippen LogP) is 2.22. The maximum atomic E-state index is 11.1. The Bertz CT molecular complexity index is 128. The van der Waals surface area contributed by atoms with Gasteiger partial charge >= 0.3 is 0 Å². The zero-order valence-corrected chi connectivity index (χ0v) is 7.88. The Morgan fingerprint density at radius 3 is 2.11 bits per heavy atom. The van der Waals surface area contributed by atoms with Crippen molar-refractivity contribution in [1.29, 1.82) is 0 Å². The minimum Gasteiger partial charge on any atom is -0.289 e. The van der Waals surface area contributed by atoms with Crippen LogP contribution >= 0.6 is 29.5 Å². The molecule has 0 aromatic heterocycles. The fourth-order valence-electron chi connectivity index (χ4n) is 0.304. The molecule has 56 valence electrons. The van der Waals surface area contributed by atoms with Crippen molar-refractivity contribution in [3.63, 3.8) is 0 Å². The molecule has 0 amide bonds. The highest BCUT2D eigenvalue weighted by Crippen LogP contribution is 2.52. The highest BCUT2D eigenvalue weighted by atomic mass is 35.7. The van der Waals surface area contributed by atoms with Crippen molar-refractivity contribution in [3.05, 3.63) is 0 Å². The van der Waals surface area contributed by atoms with Gasteiger partial charge in [-0.3, -0.25) is 4.57 Å². The zero-order chi connectivity index (χ0) is 7.49. The second-order valence-corrected chi connectivity index (χ2v) is 6.32. The minimum atomic E-state index is -2.59. The summed E-state index contributed by atoms with van der Waals surface area (Å²) in [7, 11) is 3.36. The van der Waals surface area contributed by atoms with E-state index in [1.165, 1.54) is 4.67 Å². The van der Waals surface area contributed by atoms with Crippen molar-refractivity contribution in [2.75, 3.05) is 26.1 Å². The molecule has 1 atom stereocenters. The van der Waals surface area contributed by atoms with E-state index >= 15 is 0 Å². The van der Waals surface area contributed by atoms with Crippen LogP contribution in [-0.4, -0.2) is 30.8 Å². The molecular formula is C4H10Cl2NOP. The third-order valence-corrected chi connectivity index (χ3v) is 4.79. The molecule has 0 heterocycles. The lowest BCUT2D eigenvalue weighted by Crippen LogP contribution is -2.07. The number of alkyl halides is 1. The Morgan fingerprint density at radius 2 is 2.00 bits per heavy atom. The largest absolute Gasteiger partial charge is 0.289 e. The van der Waals surface area contributed by atoms with Gasteiger partial charge in [-0.25, -0.2) is 4.67 Å². The summed E-state index contributed by atoms with van der Waals surface area (Å²) in [6.07, 6.45) is 0.364. The van der Waals surface area contributed by atoms with E-state index in [0.717, 1.165) is 0 Å². The fourth-order valence-corrected chi connectivity index (χ4v) is 2.11. The summed E-state index contributed by atoms with van der Waals surface area (Å²) in [5.74, 6) is 0.346. The molecule has 1 unspecified atom stereocenters. The summed E-state index contributed by atoms with van der Waals surface area (Å²) in [5, 5.41) is 0. The average molecular weight is 190 g/mol. The Labute approximate surface area is 65.3 Å². The van der Waals surface area contributed by atoms with Crippen LogP contribution in [0.4, 0.5) is 0 Å². The van der Waals surface area contributed by atoms with E-state index < -0.39 is 6.65 Å². The molecule has 0 rings (SSSR count). The van der Waals surface area contributed by atoms with Crippen LogP contribution in [0.3, 0.4) is 0 Å². The quantitative estimate of drug-likeness (QED) is 0.502. The summed E-state index contributed by atoms with van der Waals surface area (Å²) in [4.78, 5) is 0. The molecule has 0 aliphatic carbocycles. The Kier molecular flexibility index (Phi) is 4.15. The Hall–Kier alpha value is 0.770. The smallest absolute Gasteiger partial charge is 0.235 e. The van der Waals surface area contributed by atoms with Gasteiger partial charge in [-0.2, -0.15) is 0 Å². The normalized spacial score (nSPS) is 17.9. The van der Waals surface area contributed by atoms with E-state index in [1.54, 1.807) is 14.1 Å². The first kappa shape index (κ1) is 9.77.